The van der Waals surface area contributed by atoms with E-state index in [0.717, 1.165) is 5.01 Å². The summed E-state index contributed by atoms with van der Waals surface area (Å²) >= 11 is 1.59. The number of aliphatic hydroxyl groups excluding tert-OH is 1. The molecule has 0 amide bonds. The third-order valence-corrected chi connectivity index (χ3v) is 3.94. The molecular formula is C15H20N2O3S. The maximum atomic E-state index is 9.98. The highest BCUT2D eigenvalue weighted by Gasteiger charge is 2.12. The predicted octanol–water partition coefficient (Wildman–Crippen LogP) is 2.24. The molecule has 1 heterocycles. The van der Waals surface area contributed by atoms with Gasteiger partial charge in [0.2, 0.25) is 0 Å². The fraction of sp³-hybridized carbons (Fsp3) is 0.400. The second kappa shape index (κ2) is 7.97. The van der Waals surface area contributed by atoms with Gasteiger partial charge >= 0.3 is 0 Å². The van der Waals surface area contributed by atoms with Crippen LogP contribution in [0.4, 0.5) is 0 Å². The van der Waals surface area contributed by atoms with Gasteiger partial charge in [0.15, 0.2) is 11.5 Å². The summed E-state index contributed by atoms with van der Waals surface area (Å²) < 4.78 is 10.8. The Labute approximate surface area is 128 Å². The number of ether oxygens (including phenoxy) is 2. The lowest BCUT2D eigenvalue weighted by Crippen LogP contribution is -2.33. The molecule has 1 aromatic carbocycles. The van der Waals surface area contributed by atoms with Crippen molar-refractivity contribution >= 4 is 11.3 Å². The molecule has 6 heteroatoms. The van der Waals surface area contributed by atoms with Gasteiger partial charge in [0.1, 0.15) is 17.7 Å². The minimum Gasteiger partial charge on any atom is -0.493 e. The van der Waals surface area contributed by atoms with Crippen molar-refractivity contribution in [3.8, 4) is 11.5 Å². The highest BCUT2D eigenvalue weighted by Crippen LogP contribution is 2.25. The van der Waals surface area contributed by atoms with Crippen LogP contribution in [0.5, 0.6) is 11.5 Å². The van der Waals surface area contributed by atoms with E-state index in [9.17, 15) is 5.11 Å². The van der Waals surface area contributed by atoms with Gasteiger partial charge in [0, 0.05) is 18.1 Å². The molecule has 114 valence electrons. The Balaban J connectivity index is 1.76. The van der Waals surface area contributed by atoms with Crippen LogP contribution in [0.25, 0.3) is 0 Å². The normalized spacial score (nSPS) is 13.7. The standard InChI is InChI=1S/C15H20N2O3S/c1-11(15-16-7-8-21-15)17-9-12(18)10-20-14-6-4-3-5-13(14)19-2/h3-8,11-12,17-18H,9-10H2,1-2H3. The molecular weight excluding hydrogens is 288 g/mol. The van der Waals surface area contributed by atoms with E-state index in [2.05, 4.69) is 10.3 Å². The first-order valence-corrected chi connectivity index (χ1v) is 7.65. The van der Waals surface area contributed by atoms with Crippen LogP contribution in [0.1, 0.15) is 18.0 Å². The van der Waals surface area contributed by atoms with Crippen LogP contribution >= 0.6 is 11.3 Å². The number of nitrogens with one attached hydrogen (secondary N) is 1. The number of aromatic nitrogens is 1. The van der Waals surface area contributed by atoms with E-state index in [1.54, 1.807) is 24.6 Å². The maximum Gasteiger partial charge on any atom is 0.161 e. The van der Waals surface area contributed by atoms with Crippen LogP contribution in [0.3, 0.4) is 0 Å². The Morgan fingerprint density at radius 1 is 1.33 bits per heavy atom. The smallest absolute Gasteiger partial charge is 0.161 e. The summed E-state index contributed by atoms with van der Waals surface area (Å²) in [5, 5.41) is 16.2. The van der Waals surface area contributed by atoms with Crippen LogP contribution in [-0.4, -0.2) is 36.5 Å². The Hall–Kier alpha value is -1.63. The fourth-order valence-corrected chi connectivity index (χ4v) is 2.50. The predicted molar refractivity (Wildman–Crippen MR) is 83.0 cm³/mol. The molecule has 0 radical (unpaired) electrons. The van der Waals surface area contributed by atoms with Gasteiger partial charge in [0.05, 0.1) is 13.2 Å². The number of thiazole rings is 1. The zero-order valence-corrected chi connectivity index (χ0v) is 13.0. The highest BCUT2D eigenvalue weighted by molar-refractivity contribution is 7.09. The summed E-state index contributed by atoms with van der Waals surface area (Å²) in [6.07, 6.45) is 1.18. The quantitative estimate of drug-likeness (QED) is 0.783. The van der Waals surface area contributed by atoms with Crippen molar-refractivity contribution in [1.82, 2.24) is 10.3 Å². The molecule has 0 aliphatic rings. The van der Waals surface area contributed by atoms with Gasteiger partial charge in [-0.15, -0.1) is 11.3 Å². The Bertz CT molecular complexity index is 533. The lowest BCUT2D eigenvalue weighted by Gasteiger charge is -2.17. The third-order valence-electron chi connectivity index (χ3n) is 2.98. The molecule has 0 aliphatic heterocycles. The monoisotopic (exact) mass is 308 g/mol. The van der Waals surface area contributed by atoms with Crippen molar-refractivity contribution in [2.75, 3.05) is 20.3 Å². The third kappa shape index (κ3) is 4.70. The molecule has 2 aromatic rings. The largest absolute Gasteiger partial charge is 0.493 e. The van der Waals surface area contributed by atoms with Crippen LogP contribution in [0.15, 0.2) is 35.8 Å². The van der Waals surface area contributed by atoms with Crippen molar-refractivity contribution in [3.63, 3.8) is 0 Å². The molecule has 0 spiro atoms. The molecule has 2 N–H and O–H groups in total. The van der Waals surface area contributed by atoms with Gasteiger partial charge in [-0.3, -0.25) is 0 Å². The number of aliphatic hydroxyl groups is 1. The van der Waals surface area contributed by atoms with Crippen LogP contribution in [0.2, 0.25) is 0 Å². The number of rotatable bonds is 8. The molecule has 21 heavy (non-hydrogen) atoms. The summed E-state index contributed by atoms with van der Waals surface area (Å²) in [4.78, 5) is 4.24. The number of para-hydroxylation sites is 2. The topological polar surface area (TPSA) is 63.6 Å². The Kier molecular flexibility index (Phi) is 5.98. The molecule has 0 saturated heterocycles. The first kappa shape index (κ1) is 15.8. The van der Waals surface area contributed by atoms with E-state index < -0.39 is 6.10 Å². The van der Waals surface area contributed by atoms with Crippen molar-refractivity contribution in [3.05, 3.63) is 40.8 Å². The molecule has 2 atom stereocenters. The van der Waals surface area contributed by atoms with Gasteiger partial charge < -0.3 is 19.9 Å². The Morgan fingerprint density at radius 2 is 2.10 bits per heavy atom. The average molecular weight is 308 g/mol. The van der Waals surface area contributed by atoms with Crippen molar-refractivity contribution in [1.29, 1.82) is 0 Å². The van der Waals surface area contributed by atoms with E-state index in [1.165, 1.54) is 0 Å². The van der Waals surface area contributed by atoms with Gasteiger partial charge in [-0.25, -0.2) is 4.98 Å². The molecule has 0 bridgehead atoms. The molecule has 0 fully saturated rings. The van der Waals surface area contributed by atoms with E-state index in [1.807, 2.05) is 36.6 Å². The zero-order valence-electron chi connectivity index (χ0n) is 12.2. The van der Waals surface area contributed by atoms with Crippen LogP contribution in [-0.2, 0) is 0 Å². The molecule has 0 aliphatic carbocycles. The lowest BCUT2D eigenvalue weighted by molar-refractivity contribution is 0.102. The van der Waals surface area contributed by atoms with E-state index in [4.69, 9.17) is 9.47 Å². The number of benzene rings is 1. The van der Waals surface area contributed by atoms with E-state index in [0.29, 0.717) is 18.0 Å². The minimum atomic E-state index is -0.600. The summed E-state index contributed by atoms with van der Waals surface area (Å²) in [5.74, 6) is 1.29. The van der Waals surface area contributed by atoms with Gasteiger partial charge in [-0.2, -0.15) is 0 Å². The highest BCUT2D eigenvalue weighted by atomic mass is 32.1. The van der Waals surface area contributed by atoms with Gasteiger partial charge in [-0.1, -0.05) is 12.1 Å². The van der Waals surface area contributed by atoms with E-state index in [-0.39, 0.29) is 12.6 Å². The van der Waals surface area contributed by atoms with Crippen LogP contribution in [0, 0.1) is 0 Å². The SMILES string of the molecule is COc1ccccc1OCC(O)CNC(C)c1nccs1. The summed E-state index contributed by atoms with van der Waals surface area (Å²) in [6.45, 7) is 2.67. The lowest BCUT2D eigenvalue weighted by atomic mass is 10.3. The number of methoxy groups -OCH3 is 1. The van der Waals surface area contributed by atoms with Crippen molar-refractivity contribution < 1.29 is 14.6 Å². The summed E-state index contributed by atoms with van der Waals surface area (Å²) in [5.41, 5.74) is 0. The van der Waals surface area contributed by atoms with Crippen molar-refractivity contribution in [2.45, 2.75) is 19.1 Å². The summed E-state index contributed by atoms with van der Waals surface area (Å²) in [7, 11) is 1.59. The molecule has 0 saturated carbocycles. The first-order valence-electron chi connectivity index (χ1n) is 6.77. The molecule has 1 aromatic heterocycles. The molecule has 2 unspecified atom stereocenters. The zero-order chi connectivity index (χ0) is 15.1. The van der Waals surface area contributed by atoms with Crippen LogP contribution < -0.4 is 14.8 Å². The first-order chi connectivity index (χ1) is 10.2. The van der Waals surface area contributed by atoms with E-state index >= 15 is 0 Å². The Morgan fingerprint density at radius 3 is 2.76 bits per heavy atom. The fourth-order valence-electron chi connectivity index (χ4n) is 1.83. The van der Waals surface area contributed by atoms with Gasteiger partial charge in [-0.05, 0) is 19.1 Å². The summed E-state index contributed by atoms with van der Waals surface area (Å²) in [6, 6.07) is 7.50. The maximum absolute atomic E-state index is 9.98. The van der Waals surface area contributed by atoms with Crippen molar-refractivity contribution in [2.24, 2.45) is 0 Å². The number of hydrogen-bond acceptors (Lipinski definition) is 6. The molecule has 2 rings (SSSR count). The number of nitrogens with zero attached hydrogens (tertiary/aromatic N) is 1. The van der Waals surface area contributed by atoms with Gasteiger partial charge in [0.25, 0.3) is 0 Å². The number of hydrogen-bond donors (Lipinski definition) is 2. The molecule has 5 nitrogen and oxygen atoms in total. The minimum absolute atomic E-state index is 0.117. The second-order valence-corrected chi connectivity index (χ2v) is 5.54. The second-order valence-electron chi connectivity index (χ2n) is 4.62. The average Bonchev–Trinajstić information content (AvgIpc) is 3.05.